The van der Waals surface area contributed by atoms with E-state index < -0.39 is 44.8 Å². The number of amides is 1. The number of aromatic nitrogens is 3. The number of hydrogen-bond acceptors (Lipinski definition) is 8. The van der Waals surface area contributed by atoms with E-state index in [2.05, 4.69) is 15.4 Å². The molecule has 15 heteroatoms. The van der Waals surface area contributed by atoms with Gasteiger partial charge in [-0.15, -0.1) is 11.3 Å². The Morgan fingerprint density at radius 2 is 1.87 bits per heavy atom. The molecule has 10 nitrogen and oxygen atoms in total. The van der Waals surface area contributed by atoms with E-state index in [4.69, 9.17) is 16.3 Å². The van der Waals surface area contributed by atoms with E-state index in [0.717, 1.165) is 18.2 Å². The fourth-order valence-electron chi connectivity index (χ4n) is 3.55. The summed E-state index contributed by atoms with van der Waals surface area (Å²) in [7, 11) is 0. The second kappa shape index (κ2) is 9.89. The lowest BCUT2D eigenvalue weighted by atomic mass is 10.2. The molecule has 3 heterocycles. The van der Waals surface area contributed by atoms with Crippen LogP contribution in [-0.4, -0.2) is 30.5 Å². The lowest BCUT2D eigenvalue weighted by Gasteiger charge is -2.10. The summed E-state index contributed by atoms with van der Waals surface area (Å²) < 4.78 is 47.6. The van der Waals surface area contributed by atoms with Crippen molar-refractivity contribution in [3.05, 3.63) is 92.6 Å². The Kier molecular flexibility index (Phi) is 6.57. The summed E-state index contributed by atoms with van der Waals surface area (Å²) in [5.74, 6) is -0.856. The van der Waals surface area contributed by atoms with Gasteiger partial charge in [-0.3, -0.25) is 14.9 Å². The number of alkyl halides is 3. The highest BCUT2D eigenvalue weighted by molar-refractivity contribution is 7.13. The average molecular weight is 576 g/mol. The minimum absolute atomic E-state index is 0.00621. The van der Waals surface area contributed by atoms with Crippen molar-refractivity contribution in [1.29, 1.82) is 0 Å². The van der Waals surface area contributed by atoms with Crippen molar-refractivity contribution in [3.8, 4) is 27.8 Å². The average Bonchev–Trinajstić information content (AvgIpc) is 3.53. The van der Waals surface area contributed by atoms with Gasteiger partial charge in [-0.25, -0.2) is 9.50 Å². The first-order valence-electron chi connectivity index (χ1n) is 10.8. The van der Waals surface area contributed by atoms with Crippen LogP contribution in [0.15, 0.2) is 66.0 Å². The molecule has 5 aromatic rings. The van der Waals surface area contributed by atoms with Gasteiger partial charge in [-0.1, -0.05) is 17.7 Å². The molecule has 0 saturated carbocycles. The molecule has 0 aliphatic heterocycles. The molecule has 3 aromatic heterocycles. The number of carbonyl (C=O) groups excluding carboxylic acids is 1. The van der Waals surface area contributed by atoms with Crippen molar-refractivity contribution in [2.75, 3.05) is 5.32 Å². The summed E-state index contributed by atoms with van der Waals surface area (Å²) in [5.41, 5.74) is -2.73. The van der Waals surface area contributed by atoms with Crippen LogP contribution in [0.3, 0.4) is 0 Å². The number of non-ortho nitro benzene ring substituents is 1. The molecule has 0 spiro atoms. The summed E-state index contributed by atoms with van der Waals surface area (Å²) in [4.78, 5) is 28.4. The summed E-state index contributed by atoms with van der Waals surface area (Å²) in [5, 5.41) is 28.2. The highest BCUT2D eigenvalue weighted by Gasteiger charge is 2.37. The molecule has 0 aliphatic carbocycles. The number of anilines is 1. The second-order valence-corrected chi connectivity index (χ2v) is 9.25. The van der Waals surface area contributed by atoms with Gasteiger partial charge in [-0.2, -0.15) is 18.3 Å². The fraction of sp³-hybridized carbons (Fsp3) is 0.0417. The maximum Gasteiger partial charge on any atom is 0.433 e. The van der Waals surface area contributed by atoms with Crippen LogP contribution in [0.1, 0.15) is 16.2 Å². The number of hydrogen-bond donors (Lipinski definition) is 2. The minimum Gasteiger partial charge on any atom is -0.508 e. The van der Waals surface area contributed by atoms with E-state index in [1.165, 1.54) is 41.7 Å². The fourth-order valence-corrected chi connectivity index (χ4v) is 4.48. The molecule has 5 rings (SSSR count). The van der Waals surface area contributed by atoms with E-state index in [1.807, 2.05) is 0 Å². The van der Waals surface area contributed by atoms with Crippen molar-refractivity contribution in [2.45, 2.75) is 6.18 Å². The largest absolute Gasteiger partial charge is 0.508 e. The van der Waals surface area contributed by atoms with Crippen LogP contribution in [-0.2, 0) is 6.18 Å². The van der Waals surface area contributed by atoms with Crippen LogP contribution < -0.4 is 10.1 Å². The van der Waals surface area contributed by atoms with Gasteiger partial charge in [0.05, 0.1) is 27.2 Å². The molecule has 0 atom stereocenters. The molecule has 2 aromatic carbocycles. The van der Waals surface area contributed by atoms with Crippen molar-refractivity contribution in [2.24, 2.45) is 0 Å². The molecule has 0 bridgehead atoms. The number of phenolic OH excluding ortho intramolecular Hbond substituents is 1. The summed E-state index contributed by atoms with van der Waals surface area (Å²) in [6.07, 6.45) is -4.85. The Hall–Kier alpha value is -4.69. The lowest BCUT2D eigenvalue weighted by molar-refractivity contribution is -0.384. The molecule has 0 radical (unpaired) electrons. The first-order valence-corrected chi connectivity index (χ1v) is 12.0. The Morgan fingerprint density at radius 3 is 2.51 bits per heavy atom. The number of benzene rings is 2. The van der Waals surface area contributed by atoms with Crippen molar-refractivity contribution < 1.29 is 32.7 Å². The van der Waals surface area contributed by atoms with Gasteiger partial charge in [0, 0.05) is 12.1 Å². The molecule has 198 valence electrons. The van der Waals surface area contributed by atoms with Crippen LogP contribution in [0.4, 0.5) is 24.5 Å². The number of aromatic hydroxyl groups is 1. The maximum atomic E-state index is 13.9. The van der Waals surface area contributed by atoms with Gasteiger partial charge in [0.2, 0.25) is 0 Å². The third-order valence-electron chi connectivity index (χ3n) is 5.24. The SMILES string of the molecule is O=C(Nc1cc(Oc2ccc(O)cc2)cc([N+](=O)[O-])c1)c1nn2c(C(F)(F)F)cc(-c3cccs3)nc2c1Cl. The van der Waals surface area contributed by atoms with Gasteiger partial charge >= 0.3 is 6.18 Å². The number of carbonyl (C=O) groups is 1. The normalized spacial score (nSPS) is 11.5. The highest BCUT2D eigenvalue weighted by Crippen LogP contribution is 2.36. The van der Waals surface area contributed by atoms with E-state index >= 15 is 0 Å². The first kappa shape index (κ1) is 25.9. The molecule has 0 fully saturated rings. The van der Waals surface area contributed by atoms with Crippen LogP contribution in [0.25, 0.3) is 16.2 Å². The van der Waals surface area contributed by atoms with Crippen molar-refractivity contribution in [1.82, 2.24) is 14.6 Å². The number of nitro benzene ring substituents is 1. The molecular weight excluding hydrogens is 563 g/mol. The summed E-state index contributed by atoms with van der Waals surface area (Å²) >= 11 is 7.45. The van der Waals surface area contributed by atoms with Crippen LogP contribution in [0.2, 0.25) is 5.02 Å². The van der Waals surface area contributed by atoms with E-state index in [1.54, 1.807) is 17.5 Å². The number of fused-ring (bicyclic) bond motifs is 1. The molecule has 39 heavy (non-hydrogen) atoms. The van der Waals surface area contributed by atoms with Crippen molar-refractivity contribution in [3.63, 3.8) is 0 Å². The third kappa shape index (κ3) is 5.32. The lowest BCUT2D eigenvalue weighted by Crippen LogP contribution is -2.16. The molecule has 1 amide bonds. The Balaban J connectivity index is 1.52. The zero-order valence-corrected chi connectivity index (χ0v) is 20.7. The number of nitrogens with one attached hydrogen (secondary N) is 1. The standard InChI is InChI=1S/C24H13ClF3N5O5S/c25-20-21(31-32-19(24(26,27)28)11-17(30-22(20)32)18-2-1-7-39-18)23(35)29-12-8-13(33(36)37)10-16(9-12)38-15-5-3-14(34)4-6-15/h1-11,34H,(H,29,35). The molecule has 0 aliphatic rings. The number of phenols is 1. The number of rotatable bonds is 6. The summed E-state index contributed by atoms with van der Waals surface area (Å²) in [6, 6.07) is 12.9. The number of nitrogens with zero attached hydrogens (tertiary/aromatic N) is 4. The number of nitro groups is 1. The Morgan fingerprint density at radius 1 is 1.13 bits per heavy atom. The van der Waals surface area contributed by atoms with E-state index in [0.29, 0.717) is 9.39 Å². The number of halogens is 4. The zero-order valence-electron chi connectivity index (χ0n) is 19.1. The predicted molar refractivity (Wildman–Crippen MR) is 136 cm³/mol. The predicted octanol–water partition coefficient (Wildman–Crippen LogP) is 6.79. The Labute approximate surface area is 225 Å². The summed E-state index contributed by atoms with van der Waals surface area (Å²) in [6.45, 7) is 0. The molecule has 0 unspecified atom stereocenters. The van der Waals surface area contributed by atoms with Gasteiger partial charge in [0.15, 0.2) is 17.0 Å². The topological polar surface area (TPSA) is 132 Å². The van der Waals surface area contributed by atoms with Crippen LogP contribution in [0.5, 0.6) is 17.2 Å². The highest BCUT2D eigenvalue weighted by atomic mass is 35.5. The second-order valence-electron chi connectivity index (χ2n) is 7.92. The zero-order chi connectivity index (χ0) is 27.9. The first-order chi connectivity index (χ1) is 18.5. The van der Waals surface area contributed by atoms with Gasteiger partial charge in [0.25, 0.3) is 11.6 Å². The van der Waals surface area contributed by atoms with Gasteiger partial charge in [0.1, 0.15) is 22.3 Å². The minimum atomic E-state index is -4.85. The quantitative estimate of drug-likeness (QED) is 0.168. The van der Waals surface area contributed by atoms with E-state index in [9.17, 15) is 33.2 Å². The Bertz CT molecular complexity index is 1720. The smallest absolute Gasteiger partial charge is 0.433 e. The van der Waals surface area contributed by atoms with Gasteiger partial charge < -0.3 is 15.2 Å². The van der Waals surface area contributed by atoms with Crippen LogP contribution in [0, 0.1) is 10.1 Å². The van der Waals surface area contributed by atoms with Crippen molar-refractivity contribution >= 4 is 45.9 Å². The number of thiophene rings is 1. The van der Waals surface area contributed by atoms with Gasteiger partial charge in [-0.05, 0) is 41.8 Å². The van der Waals surface area contributed by atoms with Crippen LogP contribution >= 0.6 is 22.9 Å². The third-order valence-corrected chi connectivity index (χ3v) is 6.48. The molecular formula is C24H13ClF3N5O5S. The monoisotopic (exact) mass is 575 g/mol. The molecule has 2 N–H and O–H groups in total. The number of ether oxygens (including phenoxy) is 1. The van der Waals surface area contributed by atoms with E-state index in [-0.39, 0.29) is 28.6 Å². The maximum absolute atomic E-state index is 13.9. The molecule has 0 saturated heterocycles.